The molecule has 118 valence electrons. The molecule has 0 unspecified atom stereocenters. The second kappa shape index (κ2) is 5.21. The lowest BCUT2D eigenvalue weighted by atomic mass is 9.83. The molecular weight excluding hydrogens is 286 g/mol. The lowest BCUT2D eigenvalue weighted by molar-refractivity contribution is -0.0201. The molecule has 3 rings (SSSR count). The summed E-state index contributed by atoms with van der Waals surface area (Å²) in [5.74, 6) is 1.37. The van der Waals surface area contributed by atoms with E-state index < -0.39 is 11.7 Å². The van der Waals surface area contributed by atoms with E-state index in [1.54, 1.807) is 13.2 Å². The van der Waals surface area contributed by atoms with Gasteiger partial charge in [0, 0.05) is 18.5 Å². The summed E-state index contributed by atoms with van der Waals surface area (Å²) in [4.78, 5) is 12.3. The first-order valence-corrected chi connectivity index (χ1v) is 7.22. The van der Waals surface area contributed by atoms with Crippen molar-refractivity contribution in [3.63, 3.8) is 0 Å². The zero-order valence-corrected chi connectivity index (χ0v) is 12.6. The van der Waals surface area contributed by atoms with Crippen molar-refractivity contribution >= 4 is 17.1 Å². The van der Waals surface area contributed by atoms with E-state index in [4.69, 9.17) is 14.3 Å². The van der Waals surface area contributed by atoms with Crippen LogP contribution in [0.2, 0.25) is 0 Å². The third kappa shape index (κ3) is 2.29. The lowest BCUT2D eigenvalue weighted by Gasteiger charge is -2.37. The van der Waals surface area contributed by atoms with Gasteiger partial charge in [0.25, 0.3) is 0 Å². The highest BCUT2D eigenvalue weighted by atomic mass is 16.5. The van der Waals surface area contributed by atoms with E-state index in [9.17, 15) is 9.90 Å². The molecule has 1 fully saturated rings. The zero-order valence-electron chi connectivity index (χ0n) is 12.6. The summed E-state index contributed by atoms with van der Waals surface area (Å²) in [5.41, 5.74) is 0.337. The van der Waals surface area contributed by atoms with Gasteiger partial charge in [-0.1, -0.05) is 6.07 Å². The third-order valence-electron chi connectivity index (χ3n) is 4.35. The summed E-state index contributed by atoms with van der Waals surface area (Å²) in [5, 5.41) is 20.9. The number of likely N-dealkylation sites (tertiary alicyclic amines) is 1. The Labute approximate surface area is 127 Å². The first kappa shape index (κ1) is 14.7. The minimum atomic E-state index is -1.05. The van der Waals surface area contributed by atoms with Crippen LogP contribution in [0.5, 0.6) is 5.75 Å². The van der Waals surface area contributed by atoms with Crippen molar-refractivity contribution in [2.75, 3.05) is 20.2 Å². The number of rotatable bonds is 2. The van der Waals surface area contributed by atoms with Gasteiger partial charge in [0.15, 0.2) is 11.3 Å². The van der Waals surface area contributed by atoms with Crippen molar-refractivity contribution in [2.45, 2.75) is 25.4 Å². The van der Waals surface area contributed by atoms with Crippen molar-refractivity contribution in [1.82, 2.24) is 4.90 Å². The molecule has 1 aromatic heterocycles. The van der Waals surface area contributed by atoms with E-state index in [2.05, 4.69) is 0 Å². The highest BCUT2D eigenvalue weighted by Gasteiger charge is 2.37. The quantitative estimate of drug-likeness (QED) is 0.891. The van der Waals surface area contributed by atoms with Crippen LogP contribution in [-0.4, -0.2) is 41.4 Å². The van der Waals surface area contributed by atoms with E-state index in [1.807, 2.05) is 19.1 Å². The maximum absolute atomic E-state index is 11.0. The number of fused-ring (bicyclic) bond motifs is 1. The van der Waals surface area contributed by atoms with E-state index >= 15 is 0 Å². The Morgan fingerprint density at radius 2 is 2.05 bits per heavy atom. The summed E-state index contributed by atoms with van der Waals surface area (Å²) in [7, 11) is 1.58. The van der Waals surface area contributed by atoms with Crippen LogP contribution in [0.15, 0.2) is 22.6 Å². The number of piperidine rings is 1. The fourth-order valence-corrected chi connectivity index (χ4v) is 3.13. The topological polar surface area (TPSA) is 83.1 Å². The van der Waals surface area contributed by atoms with Crippen molar-refractivity contribution in [2.24, 2.45) is 0 Å². The molecule has 2 heterocycles. The normalized spacial score (nSPS) is 17.7. The molecule has 1 aromatic carbocycles. The molecule has 0 radical (unpaired) electrons. The van der Waals surface area contributed by atoms with Gasteiger partial charge in [-0.15, -0.1) is 0 Å². The van der Waals surface area contributed by atoms with Crippen molar-refractivity contribution in [3.8, 4) is 5.75 Å². The molecule has 22 heavy (non-hydrogen) atoms. The Morgan fingerprint density at radius 1 is 1.36 bits per heavy atom. The molecule has 0 bridgehead atoms. The molecular formula is C16H19NO5. The van der Waals surface area contributed by atoms with Gasteiger partial charge in [0.1, 0.15) is 5.76 Å². The SMILES string of the molecule is COc1ccc(C2(O)CCN(C(=O)O)CC2)c2cc(C)oc12. The number of amides is 1. The molecule has 0 spiro atoms. The highest BCUT2D eigenvalue weighted by Crippen LogP contribution is 2.40. The Bertz CT molecular complexity index is 713. The molecule has 1 aliphatic rings. The number of benzene rings is 1. The number of hydrogen-bond acceptors (Lipinski definition) is 4. The molecule has 1 amide bonds. The molecule has 6 nitrogen and oxygen atoms in total. The van der Waals surface area contributed by atoms with Crippen LogP contribution in [0.25, 0.3) is 11.0 Å². The number of methoxy groups -OCH3 is 1. The standard InChI is InChI=1S/C16H19NO5/c1-10-9-11-12(3-4-13(21-2)14(11)22-10)16(20)5-7-17(8-6-16)15(18)19/h3-4,9,20H,5-8H2,1-2H3,(H,18,19). The largest absolute Gasteiger partial charge is 0.493 e. The lowest BCUT2D eigenvalue weighted by Crippen LogP contribution is -2.44. The maximum Gasteiger partial charge on any atom is 0.407 e. The van der Waals surface area contributed by atoms with E-state index in [0.29, 0.717) is 37.3 Å². The number of carboxylic acid groups (broad SMARTS) is 1. The van der Waals surface area contributed by atoms with Gasteiger partial charge in [0.2, 0.25) is 0 Å². The number of hydrogen-bond donors (Lipinski definition) is 2. The zero-order chi connectivity index (χ0) is 15.9. The highest BCUT2D eigenvalue weighted by molar-refractivity contribution is 5.87. The first-order valence-electron chi connectivity index (χ1n) is 7.22. The first-order chi connectivity index (χ1) is 10.4. The van der Waals surface area contributed by atoms with Gasteiger partial charge in [-0.25, -0.2) is 4.79 Å². The predicted octanol–water partition coefficient (Wildman–Crippen LogP) is 2.71. The summed E-state index contributed by atoms with van der Waals surface area (Å²) in [6, 6.07) is 5.50. The molecule has 2 N–H and O–H groups in total. The van der Waals surface area contributed by atoms with Crippen molar-refractivity contribution in [3.05, 3.63) is 29.5 Å². The number of nitrogens with zero attached hydrogens (tertiary/aromatic N) is 1. The van der Waals surface area contributed by atoms with Crippen LogP contribution in [0.3, 0.4) is 0 Å². The van der Waals surface area contributed by atoms with Crippen molar-refractivity contribution < 1.29 is 24.2 Å². The van der Waals surface area contributed by atoms with Crippen LogP contribution in [0.4, 0.5) is 4.79 Å². The van der Waals surface area contributed by atoms with Crippen LogP contribution in [0.1, 0.15) is 24.2 Å². The Kier molecular flexibility index (Phi) is 3.48. The Hall–Kier alpha value is -2.21. The number of aryl methyl sites for hydroxylation is 1. The number of carbonyl (C=O) groups is 1. The fraction of sp³-hybridized carbons (Fsp3) is 0.438. The molecule has 1 aliphatic heterocycles. The van der Waals surface area contributed by atoms with E-state index in [1.165, 1.54) is 4.90 Å². The van der Waals surface area contributed by atoms with Crippen LogP contribution in [-0.2, 0) is 5.60 Å². The van der Waals surface area contributed by atoms with Gasteiger partial charge in [0.05, 0.1) is 12.7 Å². The number of ether oxygens (including phenoxy) is 1. The minimum Gasteiger partial charge on any atom is -0.493 e. The average molecular weight is 305 g/mol. The van der Waals surface area contributed by atoms with Crippen molar-refractivity contribution in [1.29, 1.82) is 0 Å². The van der Waals surface area contributed by atoms with Gasteiger partial charge in [-0.05, 0) is 37.5 Å². The molecule has 6 heteroatoms. The van der Waals surface area contributed by atoms with E-state index in [-0.39, 0.29) is 0 Å². The van der Waals surface area contributed by atoms with Gasteiger partial charge >= 0.3 is 6.09 Å². The molecule has 0 saturated carbocycles. The van der Waals surface area contributed by atoms with Gasteiger partial charge < -0.3 is 24.3 Å². The summed E-state index contributed by atoms with van der Waals surface area (Å²) >= 11 is 0. The maximum atomic E-state index is 11.0. The number of aliphatic hydroxyl groups is 1. The molecule has 1 saturated heterocycles. The Balaban J connectivity index is 2.02. The third-order valence-corrected chi connectivity index (χ3v) is 4.35. The summed E-state index contributed by atoms with van der Waals surface area (Å²) in [6.45, 7) is 2.48. The molecule has 0 atom stereocenters. The van der Waals surface area contributed by atoms with Gasteiger partial charge in [-0.2, -0.15) is 0 Å². The second-order valence-corrected chi connectivity index (χ2v) is 5.72. The average Bonchev–Trinajstić information content (AvgIpc) is 2.87. The second-order valence-electron chi connectivity index (χ2n) is 5.72. The summed E-state index contributed by atoms with van der Waals surface area (Å²) in [6.07, 6.45) is -0.211. The number of furan rings is 1. The molecule has 2 aromatic rings. The predicted molar refractivity (Wildman–Crippen MR) is 80.2 cm³/mol. The van der Waals surface area contributed by atoms with Gasteiger partial charge in [-0.3, -0.25) is 0 Å². The van der Waals surface area contributed by atoms with Crippen LogP contribution >= 0.6 is 0 Å². The van der Waals surface area contributed by atoms with Crippen LogP contribution in [0, 0.1) is 6.92 Å². The smallest absolute Gasteiger partial charge is 0.407 e. The fourth-order valence-electron chi connectivity index (χ4n) is 3.13. The minimum absolute atomic E-state index is 0.316. The summed E-state index contributed by atoms with van der Waals surface area (Å²) < 4.78 is 11.0. The van der Waals surface area contributed by atoms with Crippen LogP contribution < -0.4 is 4.74 Å². The Morgan fingerprint density at radius 3 is 2.64 bits per heavy atom. The monoisotopic (exact) mass is 305 g/mol. The molecule has 0 aliphatic carbocycles. The van der Waals surface area contributed by atoms with E-state index in [0.717, 1.165) is 16.7 Å².